The summed E-state index contributed by atoms with van der Waals surface area (Å²) in [5.41, 5.74) is 4.33. The largest absolute Gasteiger partial charge is 0.313 e. The highest BCUT2D eigenvalue weighted by Gasteiger charge is 2.14. The predicted molar refractivity (Wildman–Crippen MR) is 57.0 cm³/mol. The van der Waals surface area contributed by atoms with Crippen molar-refractivity contribution in [3.63, 3.8) is 0 Å². The number of hydrogen-bond donors (Lipinski definition) is 1. The number of rotatable bonds is 2. The lowest BCUT2D eigenvalue weighted by atomic mass is 9.88. The second kappa shape index (κ2) is 4.38. The highest BCUT2D eigenvalue weighted by molar-refractivity contribution is 5.66. The summed E-state index contributed by atoms with van der Waals surface area (Å²) in [6.07, 6.45) is 9.96. The molecule has 0 bridgehead atoms. The van der Waals surface area contributed by atoms with E-state index in [9.17, 15) is 4.79 Å². The Labute approximate surface area is 84.4 Å². The fourth-order valence-electron chi connectivity index (χ4n) is 2.06. The number of allylic oxidation sites excluding steroid dienone is 4. The number of aldehydes is 1. The molecule has 0 saturated carbocycles. The summed E-state index contributed by atoms with van der Waals surface area (Å²) in [5, 5.41) is 3.38. The van der Waals surface area contributed by atoms with Gasteiger partial charge in [0, 0.05) is 6.54 Å². The van der Waals surface area contributed by atoms with Gasteiger partial charge in [-0.2, -0.15) is 0 Å². The molecule has 0 aromatic rings. The van der Waals surface area contributed by atoms with Gasteiger partial charge in [-0.15, -0.1) is 0 Å². The average Bonchev–Trinajstić information content (AvgIpc) is 2.26. The molecular formula is C12H15NO. The minimum Gasteiger partial charge on any atom is -0.313 e. The molecule has 14 heavy (non-hydrogen) atoms. The Morgan fingerprint density at radius 1 is 1.29 bits per heavy atom. The molecule has 0 spiro atoms. The van der Waals surface area contributed by atoms with Crippen molar-refractivity contribution in [3.8, 4) is 0 Å². The van der Waals surface area contributed by atoms with Crippen molar-refractivity contribution in [2.75, 3.05) is 13.1 Å². The van der Waals surface area contributed by atoms with E-state index in [4.69, 9.17) is 0 Å². The van der Waals surface area contributed by atoms with Crippen molar-refractivity contribution >= 4 is 6.29 Å². The fraction of sp³-hybridized carbons (Fsp3) is 0.417. The highest BCUT2D eigenvalue weighted by atomic mass is 16.1. The van der Waals surface area contributed by atoms with Crippen LogP contribution in [-0.4, -0.2) is 19.4 Å². The van der Waals surface area contributed by atoms with Crippen LogP contribution in [0.2, 0.25) is 0 Å². The van der Waals surface area contributed by atoms with Gasteiger partial charge in [-0.25, -0.2) is 0 Å². The first kappa shape index (κ1) is 9.41. The zero-order chi connectivity index (χ0) is 9.80. The summed E-state index contributed by atoms with van der Waals surface area (Å²) in [7, 11) is 0. The first-order valence-electron chi connectivity index (χ1n) is 5.14. The van der Waals surface area contributed by atoms with Crippen LogP contribution in [0.3, 0.4) is 0 Å². The minimum atomic E-state index is 0.840. The minimum absolute atomic E-state index is 0.840. The van der Waals surface area contributed by atoms with Crippen LogP contribution in [0, 0.1) is 0 Å². The standard InChI is InChI=1S/C12H15NO/c14-7-1-2-10-3-4-12-9-13-6-5-11(12)8-10/h1-2,7-8,13H,3-6,9H2. The van der Waals surface area contributed by atoms with Crippen molar-refractivity contribution in [1.82, 2.24) is 5.32 Å². The third-order valence-corrected chi connectivity index (χ3v) is 2.83. The number of hydrogen-bond acceptors (Lipinski definition) is 2. The number of carbonyl (C=O) groups excluding carboxylic acids is 1. The monoisotopic (exact) mass is 189 g/mol. The molecule has 2 heteroatoms. The van der Waals surface area contributed by atoms with Crippen LogP contribution in [0.15, 0.2) is 34.9 Å². The lowest BCUT2D eigenvalue weighted by Gasteiger charge is -2.23. The van der Waals surface area contributed by atoms with Crippen LogP contribution in [0.5, 0.6) is 0 Å². The van der Waals surface area contributed by atoms with Gasteiger partial charge in [0.1, 0.15) is 6.29 Å². The topological polar surface area (TPSA) is 29.1 Å². The van der Waals surface area contributed by atoms with Gasteiger partial charge in [0.25, 0.3) is 0 Å². The Balaban J connectivity index is 2.16. The van der Waals surface area contributed by atoms with E-state index in [1.54, 1.807) is 11.6 Å². The van der Waals surface area contributed by atoms with Gasteiger partial charge in [-0.1, -0.05) is 17.7 Å². The SMILES string of the molecule is O=CC=CC1=CC2=C(CC1)CNCC2. The summed E-state index contributed by atoms with van der Waals surface area (Å²) in [6.45, 7) is 2.14. The van der Waals surface area contributed by atoms with Crippen LogP contribution in [0.1, 0.15) is 19.3 Å². The van der Waals surface area contributed by atoms with Crippen LogP contribution >= 0.6 is 0 Å². The summed E-state index contributed by atoms with van der Waals surface area (Å²) in [5.74, 6) is 0. The molecular weight excluding hydrogens is 174 g/mol. The van der Waals surface area contributed by atoms with Crippen molar-refractivity contribution in [3.05, 3.63) is 34.9 Å². The van der Waals surface area contributed by atoms with E-state index < -0.39 is 0 Å². The quantitative estimate of drug-likeness (QED) is 0.529. The first-order valence-corrected chi connectivity index (χ1v) is 5.14. The van der Waals surface area contributed by atoms with E-state index in [1.165, 1.54) is 11.1 Å². The fourth-order valence-corrected chi connectivity index (χ4v) is 2.06. The van der Waals surface area contributed by atoms with Gasteiger partial charge < -0.3 is 5.32 Å². The van der Waals surface area contributed by atoms with E-state index in [1.807, 2.05) is 6.08 Å². The average molecular weight is 189 g/mol. The molecule has 1 N–H and O–H groups in total. The van der Waals surface area contributed by atoms with Crippen molar-refractivity contribution in [2.45, 2.75) is 19.3 Å². The molecule has 74 valence electrons. The maximum atomic E-state index is 10.2. The highest BCUT2D eigenvalue weighted by Crippen LogP contribution is 2.27. The van der Waals surface area contributed by atoms with Crippen LogP contribution in [0.25, 0.3) is 0 Å². The molecule has 0 unspecified atom stereocenters. The Kier molecular flexibility index (Phi) is 2.94. The first-order chi connectivity index (χ1) is 6.90. The summed E-state index contributed by atoms with van der Waals surface area (Å²) in [4.78, 5) is 10.2. The molecule has 1 aliphatic heterocycles. The second-order valence-corrected chi connectivity index (χ2v) is 3.77. The number of carbonyl (C=O) groups is 1. The molecule has 0 aromatic carbocycles. The van der Waals surface area contributed by atoms with Gasteiger partial charge >= 0.3 is 0 Å². The maximum absolute atomic E-state index is 10.2. The molecule has 2 rings (SSSR count). The lowest BCUT2D eigenvalue weighted by molar-refractivity contribution is -0.104. The van der Waals surface area contributed by atoms with E-state index in [2.05, 4.69) is 11.4 Å². The molecule has 0 fully saturated rings. The molecule has 0 saturated heterocycles. The Morgan fingerprint density at radius 3 is 3.07 bits per heavy atom. The van der Waals surface area contributed by atoms with E-state index in [0.717, 1.165) is 38.6 Å². The molecule has 0 aromatic heterocycles. The van der Waals surface area contributed by atoms with Crippen molar-refractivity contribution in [2.24, 2.45) is 0 Å². The van der Waals surface area contributed by atoms with Gasteiger partial charge in [0.15, 0.2) is 0 Å². The van der Waals surface area contributed by atoms with Crippen LogP contribution in [0.4, 0.5) is 0 Å². The molecule has 1 aliphatic carbocycles. The van der Waals surface area contributed by atoms with Crippen molar-refractivity contribution in [1.29, 1.82) is 0 Å². The summed E-state index contributed by atoms with van der Waals surface area (Å²) >= 11 is 0. The third kappa shape index (κ3) is 2.02. The molecule has 0 amide bonds. The zero-order valence-electron chi connectivity index (χ0n) is 8.25. The van der Waals surface area contributed by atoms with Gasteiger partial charge in [0.05, 0.1) is 0 Å². The number of nitrogens with one attached hydrogen (secondary N) is 1. The van der Waals surface area contributed by atoms with Crippen molar-refractivity contribution < 1.29 is 4.79 Å². The maximum Gasteiger partial charge on any atom is 0.142 e. The molecule has 2 nitrogen and oxygen atoms in total. The normalized spacial score (nSPS) is 22.1. The Hall–Kier alpha value is -1.15. The van der Waals surface area contributed by atoms with Crippen LogP contribution < -0.4 is 5.32 Å². The second-order valence-electron chi connectivity index (χ2n) is 3.77. The van der Waals surface area contributed by atoms with Gasteiger partial charge in [-0.05, 0) is 43.0 Å². The smallest absolute Gasteiger partial charge is 0.142 e. The Morgan fingerprint density at radius 2 is 2.21 bits per heavy atom. The van der Waals surface area contributed by atoms with Crippen LogP contribution in [-0.2, 0) is 4.79 Å². The molecule has 0 radical (unpaired) electrons. The summed E-state index contributed by atoms with van der Waals surface area (Å²) < 4.78 is 0. The lowest BCUT2D eigenvalue weighted by Crippen LogP contribution is -2.25. The predicted octanol–water partition coefficient (Wildman–Crippen LogP) is 1.75. The zero-order valence-corrected chi connectivity index (χ0v) is 8.25. The molecule has 0 atom stereocenters. The van der Waals surface area contributed by atoms with Gasteiger partial charge in [-0.3, -0.25) is 4.79 Å². The summed E-state index contributed by atoms with van der Waals surface area (Å²) in [6, 6.07) is 0. The molecule has 2 aliphatic rings. The van der Waals surface area contributed by atoms with Gasteiger partial charge in [0.2, 0.25) is 0 Å². The third-order valence-electron chi connectivity index (χ3n) is 2.83. The molecule has 1 heterocycles. The van der Waals surface area contributed by atoms with E-state index in [0.29, 0.717) is 0 Å². The van der Waals surface area contributed by atoms with E-state index >= 15 is 0 Å². The van der Waals surface area contributed by atoms with E-state index in [-0.39, 0.29) is 0 Å². The Bertz CT molecular complexity index is 323.